The summed E-state index contributed by atoms with van der Waals surface area (Å²) in [4.78, 5) is 26.5. The number of carboxylic acid groups (broad SMARTS) is 1. The zero-order valence-electron chi connectivity index (χ0n) is 11.3. The zero-order chi connectivity index (χ0) is 13.7. The number of rotatable bonds is 3. The highest BCUT2D eigenvalue weighted by Crippen LogP contribution is 2.18. The van der Waals surface area contributed by atoms with Crippen molar-refractivity contribution in [3.8, 4) is 0 Å². The first-order chi connectivity index (χ1) is 9.15. The lowest BCUT2D eigenvalue weighted by Gasteiger charge is -2.23. The smallest absolute Gasteiger partial charge is 0.317 e. The maximum atomic E-state index is 12.1. The summed E-state index contributed by atoms with van der Waals surface area (Å²) < 4.78 is 0. The van der Waals surface area contributed by atoms with Crippen molar-refractivity contribution in [2.24, 2.45) is 0 Å². The van der Waals surface area contributed by atoms with Crippen LogP contribution in [0.2, 0.25) is 0 Å². The van der Waals surface area contributed by atoms with Gasteiger partial charge in [0.1, 0.15) is 0 Å². The molecule has 2 amide bonds. The fourth-order valence-electron chi connectivity index (χ4n) is 2.86. The lowest BCUT2D eigenvalue weighted by molar-refractivity contribution is -0.138. The monoisotopic (exact) mass is 269 g/mol. The number of carboxylic acids is 1. The van der Waals surface area contributed by atoms with Crippen molar-refractivity contribution in [1.82, 2.24) is 15.1 Å². The Morgan fingerprint density at radius 2 is 1.79 bits per heavy atom. The van der Waals surface area contributed by atoms with Crippen LogP contribution < -0.4 is 5.32 Å². The number of nitrogens with one attached hydrogen (secondary N) is 1. The third-order valence-electron chi connectivity index (χ3n) is 3.92. The van der Waals surface area contributed by atoms with Gasteiger partial charge in [-0.05, 0) is 19.3 Å². The quantitative estimate of drug-likeness (QED) is 0.792. The first kappa shape index (κ1) is 14.1. The number of urea groups is 1. The SMILES string of the molecule is O=C(O)CN1CCCN(C(=O)NC2CCCC2)CC1. The molecule has 19 heavy (non-hydrogen) atoms. The highest BCUT2D eigenvalue weighted by atomic mass is 16.4. The van der Waals surface area contributed by atoms with E-state index in [1.165, 1.54) is 12.8 Å². The van der Waals surface area contributed by atoms with E-state index in [-0.39, 0.29) is 12.6 Å². The van der Waals surface area contributed by atoms with Crippen LogP contribution in [0.25, 0.3) is 0 Å². The van der Waals surface area contributed by atoms with Crippen LogP contribution in [-0.4, -0.2) is 65.7 Å². The number of carbonyl (C=O) groups is 2. The van der Waals surface area contributed by atoms with E-state index in [9.17, 15) is 9.59 Å². The van der Waals surface area contributed by atoms with Crippen LogP contribution >= 0.6 is 0 Å². The summed E-state index contributed by atoms with van der Waals surface area (Å²) in [7, 11) is 0. The van der Waals surface area contributed by atoms with Crippen LogP contribution in [0.4, 0.5) is 4.79 Å². The molecule has 6 heteroatoms. The molecule has 2 rings (SSSR count). The molecular weight excluding hydrogens is 246 g/mol. The van der Waals surface area contributed by atoms with Crippen molar-refractivity contribution in [3.05, 3.63) is 0 Å². The Morgan fingerprint density at radius 3 is 2.47 bits per heavy atom. The molecule has 1 heterocycles. The van der Waals surface area contributed by atoms with Gasteiger partial charge in [0.25, 0.3) is 0 Å². The van der Waals surface area contributed by atoms with Gasteiger partial charge in [-0.3, -0.25) is 9.69 Å². The number of hydrogen-bond acceptors (Lipinski definition) is 3. The molecule has 2 N–H and O–H groups in total. The second kappa shape index (κ2) is 6.75. The predicted molar refractivity (Wildman–Crippen MR) is 71.1 cm³/mol. The lowest BCUT2D eigenvalue weighted by atomic mass is 10.2. The molecule has 1 aliphatic heterocycles. The van der Waals surface area contributed by atoms with Crippen LogP contribution in [0, 0.1) is 0 Å². The third kappa shape index (κ3) is 4.38. The average Bonchev–Trinajstić information content (AvgIpc) is 2.74. The van der Waals surface area contributed by atoms with Crippen molar-refractivity contribution in [2.45, 2.75) is 38.1 Å². The number of nitrogens with zero attached hydrogens (tertiary/aromatic N) is 2. The van der Waals surface area contributed by atoms with E-state index < -0.39 is 5.97 Å². The first-order valence-corrected chi connectivity index (χ1v) is 7.15. The highest BCUT2D eigenvalue weighted by molar-refractivity contribution is 5.74. The molecule has 2 aliphatic rings. The molecule has 2 fully saturated rings. The number of aliphatic carboxylic acids is 1. The second-order valence-corrected chi connectivity index (χ2v) is 5.44. The van der Waals surface area contributed by atoms with Gasteiger partial charge in [-0.2, -0.15) is 0 Å². The first-order valence-electron chi connectivity index (χ1n) is 7.15. The summed E-state index contributed by atoms with van der Waals surface area (Å²) in [6.07, 6.45) is 5.43. The summed E-state index contributed by atoms with van der Waals surface area (Å²) in [5.74, 6) is -0.802. The van der Waals surface area contributed by atoms with Crippen LogP contribution in [0.3, 0.4) is 0 Å². The van der Waals surface area contributed by atoms with Crippen molar-refractivity contribution < 1.29 is 14.7 Å². The van der Waals surface area contributed by atoms with Crippen molar-refractivity contribution in [1.29, 1.82) is 0 Å². The molecule has 0 bridgehead atoms. The third-order valence-corrected chi connectivity index (χ3v) is 3.92. The highest BCUT2D eigenvalue weighted by Gasteiger charge is 2.23. The van der Waals surface area contributed by atoms with Gasteiger partial charge in [-0.1, -0.05) is 12.8 Å². The Labute approximate surface area is 113 Å². The molecule has 1 saturated carbocycles. The molecular formula is C13H23N3O3. The van der Waals surface area contributed by atoms with Crippen LogP contribution in [0.1, 0.15) is 32.1 Å². The molecule has 0 aromatic carbocycles. The maximum absolute atomic E-state index is 12.1. The standard InChI is InChI=1S/C13H23N3O3/c17-12(18)10-15-6-3-7-16(9-8-15)13(19)14-11-4-1-2-5-11/h11H,1-10H2,(H,14,19)(H,17,18). The number of carbonyl (C=O) groups excluding carboxylic acids is 1. The zero-order valence-corrected chi connectivity index (χ0v) is 11.3. The van der Waals surface area contributed by atoms with Crippen LogP contribution in [0.15, 0.2) is 0 Å². The van der Waals surface area contributed by atoms with E-state index in [2.05, 4.69) is 5.32 Å². The molecule has 1 aliphatic carbocycles. The summed E-state index contributed by atoms with van der Waals surface area (Å²) in [6, 6.07) is 0.356. The number of hydrogen-bond donors (Lipinski definition) is 2. The van der Waals surface area contributed by atoms with Gasteiger partial charge < -0.3 is 15.3 Å². The molecule has 1 saturated heterocycles. The fraction of sp³-hybridized carbons (Fsp3) is 0.846. The molecule has 0 aromatic heterocycles. The molecule has 0 spiro atoms. The van der Waals surface area contributed by atoms with E-state index in [0.717, 1.165) is 25.8 Å². The maximum Gasteiger partial charge on any atom is 0.317 e. The second-order valence-electron chi connectivity index (χ2n) is 5.44. The molecule has 0 aromatic rings. The molecule has 108 valence electrons. The van der Waals surface area contributed by atoms with E-state index >= 15 is 0 Å². The van der Waals surface area contributed by atoms with E-state index in [1.54, 1.807) is 0 Å². The minimum absolute atomic E-state index is 0.0177. The van der Waals surface area contributed by atoms with Crippen LogP contribution in [-0.2, 0) is 4.79 Å². The van der Waals surface area contributed by atoms with Crippen molar-refractivity contribution >= 4 is 12.0 Å². The minimum Gasteiger partial charge on any atom is -0.480 e. The topological polar surface area (TPSA) is 72.9 Å². The molecule has 0 atom stereocenters. The summed E-state index contributed by atoms with van der Waals surface area (Å²) in [6.45, 7) is 2.79. The van der Waals surface area contributed by atoms with Gasteiger partial charge in [-0.25, -0.2) is 4.79 Å². The molecule has 0 unspecified atom stereocenters. The van der Waals surface area contributed by atoms with E-state index in [1.807, 2.05) is 9.80 Å². The molecule has 0 radical (unpaired) electrons. The van der Waals surface area contributed by atoms with Gasteiger partial charge in [-0.15, -0.1) is 0 Å². The van der Waals surface area contributed by atoms with Crippen molar-refractivity contribution in [3.63, 3.8) is 0 Å². The van der Waals surface area contributed by atoms with Gasteiger partial charge in [0.2, 0.25) is 0 Å². The minimum atomic E-state index is -0.802. The summed E-state index contributed by atoms with van der Waals surface area (Å²) in [5.41, 5.74) is 0. The Balaban J connectivity index is 1.77. The normalized spacial score (nSPS) is 22.2. The Kier molecular flexibility index (Phi) is 5.01. The summed E-state index contributed by atoms with van der Waals surface area (Å²) >= 11 is 0. The average molecular weight is 269 g/mol. The Bertz CT molecular complexity index is 329. The number of amides is 2. The summed E-state index contributed by atoms with van der Waals surface area (Å²) in [5, 5.41) is 11.9. The lowest BCUT2D eigenvalue weighted by Crippen LogP contribution is -2.45. The van der Waals surface area contributed by atoms with Crippen LogP contribution in [0.5, 0.6) is 0 Å². The van der Waals surface area contributed by atoms with Gasteiger partial charge in [0.15, 0.2) is 0 Å². The molecule has 6 nitrogen and oxygen atoms in total. The van der Waals surface area contributed by atoms with Gasteiger partial charge in [0.05, 0.1) is 6.54 Å². The van der Waals surface area contributed by atoms with Crippen molar-refractivity contribution in [2.75, 3.05) is 32.7 Å². The Morgan fingerprint density at radius 1 is 1.05 bits per heavy atom. The van der Waals surface area contributed by atoms with E-state index in [4.69, 9.17) is 5.11 Å². The largest absolute Gasteiger partial charge is 0.480 e. The van der Waals surface area contributed by atoms with Gasteiger partial charge >= 0.3 is 12.0 Å². The fourth-order valence-corrected chi connectivity index (χ4v) is 2.86. The van der Waals surface area contributed by atoms with Gasteiger partial charge in [0, 0.05) is 32.2 Å². The Hall–Kier alpha value is -1.30. The van der Waals surface area contributed by atoms with E-state index in [0.29, 0.717) is 25.7 Å². The predicted octanol–water partition coefficient (Wildman–Crippen LogP) is 0.731.